The summed E-state index contributed by atoms with van der Waals surface area (Å²) in [5.41, 5.74) is 1.42. The molecule has 0 saturated heterocycles. The number of amides is 1. The second-order valence-electron chi connectivity index (χ2n) is 4.69. The molecule has 0 radical (unpaired) electrons. The predicted molar refractivity (Wildman–Crippen MR) is 80.1 cm³/mol. The molecule has 0 fully saturated rings. The van der Waals surface area contributed by atoms with Crippen LogP contribution in [0.3, 0.4) is 0 Å². The molecule has 1 atom stereocenters. The SMILES string of the molecule is CN(C)[C@H](CNC(=O)c1ccc(=O)[nH]c1)c1ccsc1. The Balaban J connectivity index is 2.01. The number of hydrogen-bond acceptors (Lipinski definition) is 4. The van der Waals surface area contributed by atoms with Gasteiger partial charge in [0.1, 0.15) is 0 Å². The molecule has 1 amide bonds. The minimum absolute atomic E-state index is 0.132. The minimum Gasteiger partial charge on any atom is -0.350 e. The topological polar surface area (TPSA) is 65.2 Å². The Morgan fingerprint density at radius 2 is 2.20 bits per heavy atom. The van der Waals surface area contributed by atoms with Gasteiger partial charge in [-0.2, -0.15) is 11.3 Å². The minimum atomic E-state index is -0.217. The first kappa shape index (κ1) is 14.5. The van der Waals surface area contributed by atoms with Crippen molar-refractivity contribution in [2.75, 3.05) is 20.6 Å². The van der Waals surface area contributed by atoms with Crippen LogP contribution < -0.4 is 10.9 Å². The van der Waals surface area contributed by atoms with E-state index in [0.717, 1.165) is 0 Å². The lowest BCUT2D eigenvalue weighted by molar-refractivity contribution is 0.0941. The van der Waals surface area contributed by atoms with Crippen LogP contribution in [-0.2, 0) is 0 Å². The highest BCUT2D eigenvalue weighted by Crippen LogP contribution is 2.20. The van der Waals surface area contributed by atoms with E-state index in [-0.39, 0.29) is 17.5 Å². The zero-order valence-electron chi connectivity index (χ0n) is 11.4. The van der Waals surface area contributed by atoms with E-state index in [4.69, 9.17) is 0 Å². The normalized spacial score (nSPS) is 12.3. The number of carbonyl (C=O) groups is 1. The van der Waals surface area contributed by atoms with Crippen molar-refractivity contribution >= 4 is 17.2 Å². The van der Waals surface area contributed by atoms with Gasteiger partial charge in [0.2, 0.25) is 5.56 Å². The first-order chi connectivity index (χ1) is 9.58. The van der Waals surface area contributed by atoms with E-state index in [1.54, 1.807) is 11.3 Å². The first-order valence-electron chi connectivity index (χ1n) is 6.23. The van der Waals surface area contributed by atoms with E-state index in [1.807, 2.05) is 19.5 Å². The number of aromatic amines is 1. The molecule has 2 aromatic heterocycles. The first-order valence-corrected chi connectivity index (χ1v) is 7.17. The maximum atomic E-state index is 12.0. The van der Waals surface area contributed by atoms with Gasteiger partial charge >= 0.3 is 0 Å². The van der Waals surface area contributed by atoms with Crippen LogP contribution in [-0.4, -0.2) is 36.4 Å². The molecule has 6 heteroatoms. The highest BCUT2D eigenvalue weighted by atomic mass is 32.1. The summed E-state index contributed by atoms with van der Waals surface area (Å²) in [6.45, 7) is 0.516. The molecule has 0 spiro atoms. The molecule has 0 aliphatic rings. The lowest BCUT2D eigenvalue weighted by Crippen LogP contribution is -2.34. The lowest BCUT2D eigenvalue weighted by Gasteiger charge is -2.24. The standard InChI is InChI=1S/C14H17N3O2S/c1-17(2)12(11-5-6-20-9-11)8-16-14(19)10-3-4-13(18)15-7-10/h3-7,9,12H,8H2,1-2H3,(H,15,18)(H,16,19)/t12-/m1/s1. The van der Waals surface area contributed by atoms with Crippen molar-refractivity contribution in [1.29, 1.82) is 0 Å². The third-order valence-electron chi connectivity index (χ3n) is 3.05. The van der Waals surface area contributed by atoms with Crippen LogP contribution in [0.2, 0.25) is 0 Å². The smallest absolute Gasteiger partial charge is 0.252 e. The number of likely N-dealkylation sites (N-methyl/N-ethyl adjacent to an activating group) is 1. The molecule has 2 N–H and O–H groups in total. The van der Waals surface area contributed by atoms with E-state index in [9.17, 15) is 9.59 Å². The lowest BCUT2D eigenvalue weighted by atomic mass is 10.1. The van der Waals surface area contributed by atoms with Gasteiger partial charge in [0.05, 0.1) is 11.6 Å². The van der Waals surface area contributed by atoms with E-state index in [0.29, 0.717) is 12.1 Å². The number of nitrogens with zero attached hydrogens (tertiary/aromatic N) is 1. The molecule has 0 aliphatic heterocycles. The van der Waals surface area contributed by atoms with Crippen LogP contribution in [0.1, 0.15) is 22.0 Å². The van der Waals surface area contributed by atoms with Gasteiger partial charge in [-0.15, -0.1) is 0 Å². The number of H-pyrrole nitrogens is 1. The third-order valence-corrected chi connectivity index (χ3v) is 3.76. The fourth-order valence-electron chi connectivity index (χ4n) is 1.91. The molecule has 0 aliphatic carbocycles. The van der Waals surface area contributed by atoms with Crippen LogP contribution in [0.4, 0.5) is 0 Å². The molecule has 2 rings (SSSR count). The van der Waals surface area contributed by atoms with Gasteiger partial charge in [0, 0.05) is 18.8 Å². The second-order valence-corrected chi connectivity index (χ2v) is 5.47. The van der Waals surface area contributed by atoms with Crippen LogP contribution >= 0.6 is 11.3 Å². The molecule has 106 valence electrons. The number of thiophene rings is 1. The molecule has 0 saturated carbocycles. The Morgan fingerprint density at radius 3 is 2.75 bits per heavy atom. The summed E-state index contributed by atoms with van der Waals surface area (Å²) in [6, 6.07) is 5.05. The van der Waals surface area contributed by atoms with Crippen molar-refractivity contribution in [2.24, 2.45) is 0 Å². The van der Waals surface area contributed by atoms with Gasteiger partial charge in [0.15, 0.2) is 0 Å². The van der Waals surface area contributed by atoms with Crippen molar-refractivity contribution in [3.8, 4) is 0 Å². The molecule has 5 nitrogen and oxygen atoms in total. The number of carbonyl (C=O) groups excluding carboxylic acids is 1. The molecule has 20 heavy (non-hydrogen) atoms. The van der Waals surface area contributed by atoms with Gasteiger partial charge in [-0.3, -0.25) is 9.59 Å². The fourth-order valence-corrected chi connectivity index (χ4v) is 2.61. The van der Waals surface area contributed by atoms with Crippen molar-refractivity contribution in [1.82, 2.24) is 15.2 Å². The zero-order chi connectivity index (χ0) is 14.5. The van der Waals surface area contributed by atoms with Crippen molar-refractivity contribution in [3.05, 3.63) is 56.6 Å². The van der Waals surface area contributed by atoms with E-state index < -0.39 is 0 Å². The average Bonchev–Trinajstić information content (AvgIpc) is 2.93. The zero-order valence-corrected chi connectivity index (χ0v) is 12.2. The van der Waals surface area contributed by atoms with Crippen molar-refractivity contribution < 1.29 is 4.79 Å². The van der Waals surface area contributed by atoms with Crippen molar-refractivity contribution in [2.45, 2.75) is 6.04 Å². The van der Waals surface area contributed by atoms with E-state index in [2.05, 4.69) is 26.6 Å². The average molecular weight is 291 g/mol. The van der Waals surface area contributed by atoms with Gasteiger partial charge in [-0.05, 0) is 42.6 Å². The maximum Gasteiger partial charge on any atom is 0.252 e. The summed E-state index contributed by atoms with van der Waals surface area (Å²) < 4.78 is 0. The van der Waals surface area contributed by atoms with Gasteiger partial charge < -0.3 is 15.2 Å². The van der Waals surface area contributed by atoms with Gasteiger partial charge in [-0.1, -0.05) is 0 Å². The third kappa shape index (κ3) is 3.55. The highest BCUT2D eigenvalue weighted by molar-refractivity contribution is 7.07. The van der Waals surface area contributed by atoms with Gasteiger partial charge in [-0.25, -0.2) is 0 Å². The number of pyridine rings is 1. The quantitative estimate of drug-likeness (QED) is 0.877. The van der Waals surface area contributed by atoms with E-state index >= 15 is 0 Å². The van der Waals surface area contributed by atoms with E-state index in [1.165, 1.54) is 23.9 Å². The molecule has 0 aromatic carbocycles. The Labute approximate surface area is 121 Å². The summed E-state index contributed by atoms with van der Waals surface area (Å²) in [6.07, 6.45) is 1.42. The number of hydrogen-bond donors (Lipinski definition) is 2. The Bertz CT molecular complexity index is 599. The number of nitrogens with one attached hydrogen (secondary N) is 2. The summed E-state index contributed by atoms with van der Waals surface area (Å²) in [7, 11) is 3.96. The van der Waals surface area contributed by atoms with Crippen LogP contribution in [0.15, 0.2) is 40.0 Å². The maximum absolute atomic E-state index is 12.0. The summed E-state index contributed by atoms with van der Waals surface area (Å²) in [5.74, 6) is -0.191. The van der Waals surface area contributed by atoms with Crippen LogP contribution in [0.25, 0.3) is 0 Å². The summed E-state index contributed by atoms with van der Waals surface area (Å²) >= 11 is 1.64. The fraction of sp³-hybridized carbons (Fsp3) is 0.286. The largest absolute Gasteiger partial charge is 0.350 e. The molecule has 2 aromatic rings. The monoisotopic (exact) mass is 291 g/mol. The highest BCUT2D eigenvalue weighted by Gasteiger charge is 2.16. The predicted octanol–water partition coefficient (Wildman–Crippen LogP) is 1.47. The van der Waals surface area contributed by atoms with Crippen LogP contribution in [0, 0.1) is 0 Å². The van der Waals surface area contributed by atoms with Gasteiger partial charge in [0.25, 0.3) is 5.91 Å². The molecule has 0 bridgehead atoms. The Kier molecular flexibility index (Phi) is 4.70. The molecule has 0 unspecified atom stereocenters. The van der Waals surface area contributed by atoms with Crippen LogP contribution in [0.5, 0.6) is 0 Å². The van der Waals surface area contributed by atoms with Crippen molar-refractivity contribution in [3.63, 3.8) is 0 Å². The summed E-state index contributed by atoms with van der Waals surface area (Å²) in [5, 5.41) is 6.99. The second kappa shape index (κ2) is 6.49. The number of rotatable bonds is 5. The molecular weight excluding hydrogens is 274 g/mol. The Hall–Kier alpha value is -1.92. The summed E-state index contributed by atoms with van der Waals surface area (Å²) in [4.78, 5) is 27.5. The number of aromatic nitrogens is 1. The molecule has 2 heterocycles. The Morgan fingerprint density at radius 1 is 1.40 bits per heavy atom. The molecular formula is C14H17N3O2S.